The Labute approximate surface area is 122 Å². The number of fused-ring (bicyclic) bond motifs is 1. The van der Waals surface area contributed by atoms with E-state index in [1.54, 1.807) is 10.9 Å². The quantitative estimate of drug-likeness (QED) is 0.907. The van der Waals surface area contributed by atoms with Crippen LogP contribution in [-0.2, 0) is 4.74 Å². The van der Waals surface area contributed by atoms with E-state index in [1.165, 1.54) is 24.2 Å². The van der Waals surface area contributed by atoms with Crippen LogP contribution in [0.15, 0.2) is 10.9 Å². The number of amides is 1. The van der Waals surface area contributed by atoms with Gasteiger partial charge in [0.2, 0.25) is 0 Å². The Hall–Kier alpha value is -0.980. The van der Waals surface area contributed by atoms with Crippen LogP contribution in [0.5, 0.6) is 0 Å². The molecular weight excluding hydrogens is 274 g/mol. The first-order valence-corrected chi connectivity index (χ1v) is 8.28. The molecule has 20 heavy (non-hydrogen) atoms. The second-order valence-corrected chi connectivity index (χ2v) is 6.82. The van der Waals surface area contributed by atoms with Crippen LogP contribution in [-0.4, -0.2) is 53.7 Å². The Kier molecular flexibility index (Phi) is 3.24. The number of carbonyl (C=O) groups is 1. The van der Waals surface area contributed by atoms with E-state index in [1.807, 2.05) is 0 Å². The Morgan fingerprint density at radius 2 is 2.35 bits per heavy atom. The third kappa shape index (κ3) is 2.47. The number of thiazole rings is 1. The average molecular weight is 293 g/mol. The van der Waals surface area contributed by atoms with Crippen molar-refractivity contribution in [1.29, 1.82) is 0 Å². The fraction of sp³-hybridized carbons (Fsp3) is 0.714. The van der Waals surface area contributed by atoms with Crippen LogP contribution in [0.4, 0.5) is 0 Å². The van der Waals surface area contributed by atoms with Gasteiger partial charge in [0.05, 0.1) is 18.2 Å². The van der Waals surface area contributed by atoms with Crippen LogP contribution in [0.3, 0.4) is 0 Å². The topological polar surface area (TPSA) is 54.5 Å². The molecule has 3 aliphatic rings. The zero-order valence-corrected chi connectivity index (χ0v) is 12.1. The molecule has 1 aromatic heterocycles. The number of nitrogens with one attached hydrogen (secondary N) is 1. The lowest BCUT2D eigenvalue weighted by atomic mass is 10.1. The molecule has 3 atom stereocenters. The molecule has 5 nitrogen and oxygen atoms in total. The van der Waals surface area contributed by atoms with Crippen LogP contribution in [0.25, 0.3) is 0 Å². The molecule has 6 heteroatoms. The van der Waals surface area contributed by atoms with Gasteiger partial charge in [-0.1, -0.05) is 0 Å². The Morgan fingerprint density at radius 3 is 3.10 bits per heavy atom. The lowest BCUT2D eigenvalue weighted by molar-refractivity contribution is -0.0581. The van der Waals surface area contributed by atoms with Crippen molar-refractivity contribution in [2.75, 3.05) is 19.7 Å². The summed E-state index contributed by atoms with van der Waals surface area (Å²) in [6, 6.07) is 0.710. The maximum atomic E-state index is 12.0. The molecule has 108 valence electrons. The highest BCUT2D eigenvalue weighted by molar-refractivity contribution is 7.07. The minimum Gasteiger partial charge on any atom is -0.375 e. The zero-order valence-electron chi connectivity index (χ0n) is 11.3. The van der Waals surface area contributed by atoms with Crippen molar-refractivity contribution >= 4 is 17.2 Å². The summed E-state index contributed by atoms with van der Waals surface area (Å²) in [5.41, 5.74) is 2.23. The van der Waals surface area contributed by atoms with Crippen molar-refractivity contribution in [3.05, 3.63) is 16.6 Å². The number of hydrogen-bond donors (Lipinski definition) is 1. The number of nitrogens with zero attached hydrogens (tertiary/aromatic N) is 2. The van der Waals surface area contributed by atoms with Crippen LogP contribution in [0.1, 0.15) is 29.8 Å². The van der Waals surface area contributed by atoms with Gasteiger partial charge in [-0.05, 0) is 25.2 Å². The Balaban J connectivity index is 1.34. The van der Waals surface area contributed by atoms with Gasteiger partial charge in [-0.25, -0.2) is 4.98 Å². The van der Waals surface area contributed by atoms with Crippen LogP contribution in [0.2, 0.25) is 0 Å². The minimum atomic E-state index is -0.0456. The molecule has 0 aromatic carbocycles. The molecule has 2 aliphatic heterocycles. The largest absolute Gasteiger partial charge is 0.375 e. The number of aromatic nitrogens is 1. The average Bonchev–Trinajstić information content (AvgIpc) is 3.01. The summed E-state index contributed by atoms with van der Waals surface area (Å²) in [4.78, 5) is 18.6. The van der Waals surface area contributed by atoms with E-state index in [0.717, 1.165) is 32.0 Å². The molecule has 3 heterocycles. The van der Waals surface area contributed by atoms with Gasteiger partial charge < -0.3 is 10.1 Å². The molecule has 1 N–H and O–H groups in total. The van der Waals surface area contributed by atoms with Gasteiger partial charge in [0.25, 0.3) is 5.91 Å². The minimum absolute atomic E-state index is 0.0456. The molecule has 1 aliphatic carbocycles. The summed E-state index contributed by atoms with van der Waals surface area (Å²) < 4.78 is 5.98. The number of ether oxygens (including phenoxy) is 1. The first-order chi connectivity index (χ1) is 9.79. The van der Waals surface area contributed by atoms with Gasteiger partial charge in [0.15, 0.2) is 0 Å². The van der Waals surface area contributed by atoms with Gasteiger partial charge in [-0.2, -0.15) is 0 Å². The summed E-state index contributed by atoms with van der Waals surface area (Å²) >= 11 is 1.45. The third-order valence-corrected chi connectivity index (χ3v) is 5.18. The summed E-state index contributed by atoms with van der Waals surface area (Å²) in [7, 11) is 0. The van der Waals surface area contributed by atoms with Crippen molar-refractivity contribution in [3.63, 3.8) is 0 Å². The van der Waals surface area contributed by atoms with Crippen molar-refractivity contribution in [1.82, 2.24) is 15.2 Å². The molecule has 1 aromatic rings. The summed E-state index contributed by atoms with van der Waals surface area (Å²) in [6.07, 6.45) is 4.08. The van der Waals surface area contributed by atoms with E-state index >= 15 is 0 Å². The number of morpholine rings is 1. The Bertz CT molecular complexity index is 489. The van der Waals surface area contributed by atoms with E-state index in [-0.39, 0.29) is 11.9 Å². The summed E-state index contributed by atoms with van der Waals surface area (Å²) in [5.74, 6) is 0.746. The summed E-state index contributed by atoms with van der Waals surface area (Å²) in [5, 5.41) is 4.90. The number of rotatable bonds is 3. The van der Waals surface area contributed by atoms with Crippen LogP contribution >= 0.6 is 11.3 Å². The van der Waals surface area contributed by atoms with Crippen molar-refractivity contribution in [2.24, 2.45) is 5.92 Å². The van der Waals surface area contributed by atoms with Gasteiger partial charge in [-0.15, -0.1) is 11.3 Å². The second-order valence-electron chi connectivity index (χ2n) is 6.10. The molecule has 0 bridgehead atoms. The molecule has 4 rings (SSSR count). The van der Waals surface area contributed by atoms with E-state index in [4.69, 9.17) is 4.74 Å². The second kappa shape index (κ2) is 5.09. The number of carbonyl (C=O) groups excluding carboxylic acids is 1. The first-order valence-electron chi connectivity index (χ1n) is 7.34. The first kappa shape index (κ1) is 12.7. The molecule has 0 spiro atoms. The van der Waals surface area contributed by atoms with Crippen LogP contribution < -0.4 is 5.32 Å². The highest BCUT2D eigenvalue weighted by Crippen LogP contribution is 2.37. The fourth-order valence-corrected chi connectivity index (χ4v) is 3.87. The maximum absolute atomic E-state index is 12.0. The molecule has 1 saturated carbocycles. The van der Waals surface area contributed by atoms with E-state index < -0.39 is 0 Å². The smallest absolute Gasteiger partial charge is 0.271 e. The molecule has 3 fully saturated rings. The van der Waals surface area contributed by atoms with E-state index in [9.17, 15) is 4.79 Å². The predicted octanol–water partition coefficient (Wildman–Crippen LogP) is 1.12. The standard InChI is InChI=1S/C14H19N3O2S/c18-14(12-7-20-8-15-12)16-10-3-11-6-19-13(9-1-2-9)5-17(11)4-10/h7-11,13H,1-6H2,(H,16,18)/t10-,11-,13-/m0/s1. The van der Waals surface area contributed by atoms with E-state index in [0.29, 0.717) is 17.8 Å². The van der Waals surface area contributed by atoms with Crippen LogP contribution in [0, 0.1) is 5.92 Å². The van der Waals surface area contributed by atoms with Gasteiger partial charge in [0.1, 0.15) is 5.69 Å². The Morgan fingerprint density at radius 1 is 1.45 bits per heavy atom. The van der Waals surface area contributed by atoms with E-state index in [2.05, 4.69) is 15.2 Å². The normalized spacial score (nSPS) is 33.9. The van der Waals surface area contributed by atoms with Gasteiger partial charge in [0, 0.05) is 30.6 Å². The number of hydrogen-bond acceptors (Lipinski definition) is 5. The highest BCUT2D eigenvalue weighted by Gasteiger charge is 2.42. The van der Waals surface area contributed by atoms with Gasteiger partial charge >= 0.3 is 0 Å². The molecular formula is C14H19N3O2S. The van der Waals surface area contributed by atoms with Gasteiger partial charge in [-0.3, -0.25) is 9.69 Å². The molecule has 0 unspecified atom stereocenters. The maximum Gasteiger partial charge on any atom is 0.271 e. The highest BCUT2D eigenvalue weighted by atomic mass is 32.1. The van der Waals surface area contributed by atoms with Crippen molar-refractivity contribution < 1.29 is 9.53 Å². The monoisotopic (exact) mass is 293 g/mol. The van der Waals surface area contributed by atoms with Crippen molar-refractivity contribution in [3.8, 4) is 0 Å². The zero-order chi connectivity index (χ0) is 13.5. The molecule has 2 saturated heterocycles. The predicted molar refractivity (Wildman–Crippen MR) is 75.8 cm³/mol. The van der Waals surface area contributed by atoms with Crippen molar-refractivity contribution in [2.45, 2.75) is 37.5 Å². The summed E-state index contributed by atoms with van der Waals surface area (Å²) in [6.45, 7) is 2.82. The molecule has 1 amide bonds. The SMILES string of the molecule is O=C(N[C@H]1C[C@H]2CO[C@H](C3CC3)CN2C1)c1cscn1. The fourth-order valence-electron chi connectivity index (χ4n) is 3.34. The lowest BCUT2D eigenvalue weighted by Crippen LogP contribution is -2.47. The lowest BCUT2D eigenvalue weighted by Gasteiger charge is -2.35. The molecule has 0 radical (unpaired) electrons. The third-order valence-electron chi connectivity index (χ3n) is 4.59.